The number of aromatic nitrogens is 1. The molecule has 3 atom stereocenters. The van der Waals surface area contributed by atoms with Gasteiger partial charge < -0.3 is 14.4 Å². The molecule has 2 amide bonds. The Morgan fingerprint density at radius 2 is 1.96 bits per heavy atom. The van der Waals surface area contributed by atoms with E-state index >= 15 is 0 Å². The van der Waals surface area contributed by atoms with Crippen LogP contribution in [0.4, 0.5) is 4.39 Å². The minimum absolute atomic E-state index is 0.0224. The van der Waals surface area contributed by atoms with Gasteiger partial charge in [0.1, 0.15) is 11.5 Å². The van der Waals surface area contributed by atoms with E-state index in [1.807, 2.05) is 15.9 Å². The third-order valence-corrected chi connectivity index (χ3v) is 5.94. The molecule has 142 valence electrons. The van der Waals surface area contributed by atoms with Gasteiger partial charge in [-0.3, -0.25) is 9.59 Å². The Morgan fingerprint density at radius 3 is 2.59 bits per heavy atom. The van der Waals surface area contributed by atoms with E-state index in [0.29, 0.717) is 30.4 Å². The summed E-state index contributed by atoms with van der Waals surface area (Å²) in [7, 11) is 1.79. The van der Waals surface area contributed by atoms with Crippen LogP contribution in [-0.4, -0.2) is 45.8 Å². The molecule has 0 unspecified atom stereocenters. The number of hydrogen-bond donors (Lipinski definition) is 0. The number of benzene rings is 1. The van der Waals surface area contributed by atoms with Crippen LogP contribution in [0.15, 0.2) is 36.5 Å². The quantitative estimate of drug-likeness (QED) is 0.792. The van der Waals surface area contributed by atoms with Gasteiger partial charge >= 0.3 is 0 Å². The lowest BCUT2D eigenvalue weighted by Crippen LogP contribution is -2.37. The number of nitrogens with zero attached hydrogens (tertiary/aromatic N) is 3. The van der Waals surface area contributed by atoms with E-state index < -0.39 is 0 Å². The fourth-order valence-electron chi connectivity index (χ4n) is 4.55. The smallest absolute Gasteiger partial charge is 0.270 e. The van der Waals surface area contributed by atoms with Crippen LogP contribution in [0, 0.1) is 17.7 Å². The summed E-state index contributed by atoms with van der Waals surface area (Å²) in [5.41, 5.74) is 1.33. The molecule has 2 saturated heterocycles. The molecule has 5 nitrogen and oxygen atoms in total. The van der Waals surface area contributed by atoms with Gasteiger partial charge in [0.15, 0.2) is 0 Å². The van der Waals surface area contributed by atoms with Crippen LogP contribution >= 0.6 is 11.6 Å². The summed E-state index contributed by atoms with van der Waals surface area (Å²) in [4.78, 5) is 28.7. The zero-order valence-corrected chi connectivity index (χ0v) is 16.0. The topological polar surface area (TPSA) is 45.6 Å². The molecule has 2 aliphatic heterocycles. The van der Waals surface area contributed by atoms with Gasteiger partial charge in [0.05, 0.1) is 11.1 Å². The molecule has 2 aromatic rings. The second kappa shape index (κ2) is 6.68. The van der Waals surface area contributed by atoms with Crippen LogP contribution < -0.4 is 0 Å². The Balaban J connectivity index is 1.61. The first-order valence-electron chi connectivity index (χ1n) is 8.99. The molecule has 0 saturated carbocycles. The average molecular weight is 390 g/mol. The Hall–Kier alpha value is -2.34. The third kappa shape index (κ3) is 3.12. The molecule has 2 fully saturated rings. The molecule has 0 aliphatic carbocycles. The van der Waals surface area contributed by atoms with E-state index in [2.05, 4.69) is 0 Å². The summed E-state index contributed by atoms with van der Waals surface area (Å²) in [5.74, 6) is -0.127. The first-order valence-corrected chi connectivity index (χ1v) is 9.36. The van der Waals surface area contributed by atoms with E-state index in [0.717, 1.165) is 5.56 Å². The molecule has 0 spiro atoms. The molecule has 1 aromatic carbocycles. The summed E-state index contributed by atoms with van der Waals surface area (Å²) in [6.07, 6.45) is 1.71. The predicted molar refractivity (Wildman–Crippen MR) is 99.8 cm³/mol. The number of carbonyl (C=O) groups is 2. The van der Waals surface area contributed by atoms with Crippen molar-refractivity contribution >= 4 is 23.4 Å². The minimum atomic E-state index is -0.316. The number of likely N-dealkylation sites (tertiary alicyclic amines) is 2. The van der Waals surface area contributed by atoms with Gasteiger partial charge in [-0.25, -0.2) is 4.39 Å². The van der Waals surface area contributed by atoms with Crippen LogP contribution in [-0.2, 0) is 11.8 Å². The van der Waals surface area contributed by atoms with Crippen LogP contribution in [0.5, 0.6) is 0 Å². The molecule has 27 heavy (non-hydrogen) atoms. The van der Waals surface area contributed by atoms with Crippen molar-refractivity contribution in [3.63, 3.8) is 0 Å². The van der Waals surface area contributed by atoms with Crippen molar-refractivity contribution in [1.82, 2.24) is 14.4 Å². The van der Waals surface area contributed by atoms with Gasteiger partial charge in [-0.15, -0.1) is 0 Å². The average Bonchev–Trinajstić information content (AvgIpc) is 3.25. The van der Waals surface area contributed by atoms with Crippen molar-refractivity contribution in [2.45, 2.75) is 13.0 Å². The fourth-order valence-corrected chi connectivity index (χ4v) is 4.80. The predicted octanol–water partition coefficient (Wildman–Crippen LogP) is 3.11. The van der Waals surface area contributed by atoms with E-state index in [-0.39, 0.29) is 35.5 Å². The number of fused-ring (bicyclic) bond motifs is 1. The highest BCUT2D eigenvalue weighted by Crippen LogP contribution is 2.45. The summed E-state index contributed by atoms with van der Waals surface area (Å²) in [5, 5.41) is 0.528. The first kappa shape index (κ1) is 18.0. The van der Waals surface area contributed by atoms with Gasteiger partial charge in [0, 0.05) is 51.6 Å². The highest BCUT2D eigenvalue weighted by Gasteiger charge is 2.49. The van der Waals surface area contributed by atoms with E-state index in [1.54, 1.807) is 36.9 Å². The lowest BCUT2D eigenvalue weighted by molar-refractivity contribution is -0.130. The number of hydrogen-bond acceptors (Lipinski definition) is 2. The Morgan fingerprint density at radius 1 is 1.19 bits per heavy atom. The highest BCUT2D eigenvalue weighted by atomic mass is 35.5. The normalized spacial score (nSPS) is 24.4. The standard InChI is InChI=1S/C20H21ClFN3O2/c1-12(26)25-9-14-8-24(20(27)18-7-15(21)10-23(18)2)11-17(14)19(25)13-4-3-5-16(22)6-13/h3-7,10,14,17,19H,8-9,11H2,1-2H3/t14-,17-,19+/m1/s1. The maximum Gasteiger partial charge on any atom is 0.270 e. The van der Waals surface area contributed by atoms with Crippen LogP contribution in [0.3, 0.4) is 0 Å². The summed E-state index contributed by atoms with van der Waals surface area (Å²) in [6.45, 7) is 3.25. The van der Waals surface area contributed by atoms with Crippen molar-refractivity contribution in [2.24, 2.45) is 18.9 Å². The molecular weight excluding hydrogens is 369 g/mol. The second-order valence-corrected chi connectivity index (χ2v) is 7.90. The number of carbonyl (C=O) groups excluding carboxylic acids is 2. The number of rotatable bonds is 2. The molecule has 7 heteroatoms. The van der Waals surface area contributed by atoms with Crippen molar-refractivity contribution in [1.29, 1.82) is 0 Å². The maximum absolute atomic E-state index is 13.8. The van der Waals surface area contributed by atoms with Gasteiger partial charge in [-0.1, -0.05) is 23.7 Å². The Bertz CT molecular complexity index is 912. The number of halogens is 2. The lowest BCUT2D eigenvalue weighted by atomic mass is 9.89. The molecular formula is C20H21ClFN3O2. The van der Waals surface area contributed by atoms with Crippen molar-refractivity contribution in [3.8, 4) is 0 Å². The van der Waals surface area contributed by atoms with Gasteiger partial charge in [-0.05, 0) is 23.8 Å². The zero-order valence-electron chi connectivity index (χ0n) is 15.2. The number of amides is 2. The summed E-state index contributed by atoms with van der Waals surface area (Å²) >= 11 is 6.01. The fraction of sp³-hybridized carbons (Fsp3) is 0.400. The van der Waals surface area contributed by atoms with E-state index in [9.17, 15) is 14.0 Å². The largest absolute Gasteiger partial charge is 0.345 e. The van der Waals surface area contributed by atoms with Crippen LogP contribution in [0.1, 0.15) is 29.0 Å². The Labute approximate surface area is 162 Å². The lowest BCUT2D eigenvalue weighted by Gasteiger charge is -2.29. The van der Waals surface area contributed by atoms with Gasteiger partial charge in [0.2, 0.25) is 5.91 Å². The summed E-state index contributed by atoms with van der Waals surface area (Å²) < 4.78 is 15.5. The molecule has 3 heterocycles. The minimum Gasteiger partial charge on any atom is -0.345 e. The van der Waals surface area contributed by atoms with Crippen molar-refractivity contribution in [2.75, 3.05) is 19.6 Å². The maximum atomic E-state index is 13.8. The van der Waals surface area contributed by atoms with Crippen LogP contribution in [0.2, 0.25) is 5.02 Å². The third-order valence-electron chi connectivity index (χ3n) is 5.74. The van der Waals surface area contributed by atoms with E-state index in [4.69, 9.17) is 11.6 Å². The molecule has 0 radical (unpaired) electrons. The molecule has 4 rings (SSSR count). The second-order valence-electron chi connectivity index (χ2n) is 7.46. The molecule has 0 N–H and O–H groups in total. The highest BCUT2D eigenvalue weighted by molar-refractivity contribution is 6.31. The first-order chi connectivity index (χ1) is 12.8. The van der Waals surface area contributed by atoms with Crippen molar-refractivity contribution < 1.29 is 14.0 Å². The Kier molecular flexibility index (Phi) is 4.46. The van der Waals surface area contributed by atoms with Crippen molar-refractivity contribution in [3.05, 3.63) is 58.6 Å². The summed E-state index contributed by atoms with van der Waals surface area (Å²) in [6, 6.07) is 7.87. The number of aryl methyl sites for hydroxylation is 1. The van der Waals surface area contributed by atoms with Gasteiger partial charge in [0.25, 0.3) is 5.91 Å². The SMILES string of the molecule is CC(=O)N1C[C@H]2CN(C(=O)c3cc(Cl)cn3C)C[C@H]2[C@@H]1c1cccc(F)c1. The molecule has 1 aromatic heterocycles. The molecule has 2 aliphatic rings. The zero-order chi connectivity index (χ0) is 19.3. The monoisotopic (exact) mass is 389 g/mol. The molecule has 0 bridgehead atoms. The van der Waals surface area contributed by atoms with E-state index in [1.165, 1.54) is 12.1 Å². The van der Waals surface area contributed by atoms with Gasteiger partial charge in [-0.2, -0.15) is 0 Å². The van der Waals surface area contributed by atoms with Crippen LogP contribution in [0.25, 0.3) is 0 Å².